The standard InChI is InChI=1S/Mo.12O.3W/q+6;;;;;;;6*-1;;;. The fourth-order valence-electron chi connectivity index (χ4n) is 0. The summed E-state index contributed by atoms with van der Waals surface area (Å²) in [6, 6.07) is 0. The van der Waals surface area contributed by atoms with Crippen LogP contribution in [0.2, 0.25) is 0 Å². The second kappa shape index (κ2) is 10.3. The average molecular weight is 839 g/mol. The van der Waals surface area contributed by atoms with Gasteiger partial charge in [-0.15, -0.1) is 0 Å². The second-order valence-electron chi connectivity index (χ2n) is 1.22. The molecule has 0 saturated carbocycles. The zero-order valence-electron chi connectivity index (χ0n) is 6.53. The Balaban J connectivity index is -0.0000000655. The molecule has 0 spiro atoms. The zero-order chi connectivity index (χ0) is 13.5. The molecule has 0 saturated heterocycles. The van der Waals surface area contributed by atoms with Gasteiger partial charge < -0.3 is 0 Å². The van der Waals surface area contributed by atoms with Gasteiger partial charge in [-0.25, -0.2) is 0 Å². The van der Waals surface area contributed by atoms with Gasteiger partial charge in [0.25, 0.3) is 0 Å². The van der Waals surface area contributed by atoms with Crippen molar-refractivity contribution in [2.75, 3.05) is 0 Å². The van der Waals surface area contributed by atoms with Crippen LogP contribution in [0.5, 0.6) is 0 Å². The van der Waals surface area contributed by atoms with E-state index >= 15 is 0 Å². The van der Waals surface area contributed by atoms with Crippen molar-refractivity contribution in [3.63, 3.8) is 0 Å². The topological polar surface area (TPSA) is 241 Å². The molecule has 0 aliphatic carbocycles. The van der Waals surface area contributed by atoms with Crippen molar-refractivity contribution >= 4 is 0 Å². The Morgan fingerprint density at radius 1 is 0.438 bits per heavy atom. The molecule has 0 aromatic heterocycles. The molecule has 0 aliphatic rings. The zero-order valence-corrected chi connectivity index (χ0v) is 17.3. The van der Waals surface area contributed by atoms with Gasteiger partial charge >= 0.3 is 114 Å². The monoisotopic (exact) mass is 842 g/mol. The van der Waals surface area contributed by atoms with Crippen LogP contribution in [-0.2, 0) is 91.7 Å². The van der Waals surface area contributed by atoms with E-state index in [2.05, 4.69) is 0 Å². The van der Waals surface area contributed by atoms with Crippen LogP contribution < -0.4 is 22.6 Å². The molecule has 0 bridgehead atoms. The van der Waals surface area contributed by atoms with E-state index in [1.165, 1.54) is 0 Å². The van der Waals surface area contributed by atoms with E-state index < -0.39 is 50.2 Å². The van der Waals surface area contributed by atoms with E-state index in [9.17, 15) is 0 Å². The summed E-state index contributed by atoms with van der Waals surface area (Å²) in [4.78, 5) is 0. The first-order valence-corrected chi connectivity index (χ1v) is 16.4. The van der Waals surface area contributed by atoms with E-state index in [1.54, 1.807) is 0 Å². The Labute approximate surface area is 113 Å². The minimum absolute atomic E-state index is 0. The Kier molecular flexibility index (Phi) is 16.7. The molecule has 12 nitrogen and oxygen atoms in total. The van der Waals surface area contributed by atoms with Crippen LogP contribution in [0, 0.1) is 0 Å². The molecule has 0 radical (unpaired) electrons. The third-order valence-corrected chi connectivity index (χ3v) is 0. The first kappa shape index (κ1) is 26.0. The summed E-state index contributed by atoms with van der Waals surface area (Å²) >= 11 is -18.5. The first-order chi connectivity index (χ1) is 6.00. The van der Waals surface area contributed by atoms with E-state index in [0.717, 1.165) is 0 Å². The van der Waals surface area contributed by atoms with Crippen LogP contribution in [-0.4, -0.2) is 0 Å². The van der Waals surface area contributed by atoms with Crippen molar-refractivity contribution in [1.82, 2.24) is 0 Å². The van der Waals surface area contributed by atoms with Crippen LogP contribution >= 0.6 is 0 Å². The van der Waals surface area contributed by atoms with Crippen molar-refractivity contribution < 1.29 is 114 Å². The summed E-state index contributed by atoms with van der Waals surface area (Å²) in [5.74, 6) is 0. The molecule has 0 unspecified atom stereocenters. The van der Waals surface area contributed by atoms with E-state index in [-0.39, 0.29) is 21.1 Å². The Morgan fingerprint density at radius 3 is 0.438 bits per heavy atom. The minimum atomic E-state index is -6.17. The number of rotatable bonds is 0. The van der Waals surface area contributed by atoms with Crippen molar-refractivity contribution in [2.24, 2.45) is 0 Å². The Hall–Kier alpha value is 1.31. The van der Waals surface area contributed by atoms with Gasteiger partial charge in [0.15, 0.2) is 0 Å². The number of hydrogen-bond acceptors (Lipinski definition) is 12. The Morgan fingerprint density at radius 2 is 0.438 bits per heavy atom. The average Bonchev–Trinajstić information content (AvgIpc) is 1.41. The molecule has 0 N–H and O–H groups in total. The van der Waals surface area contributed by atoms with E-state index in [4.69, 9.17) is 42.9 Å². The van der Waals surface area contributed by atoms with Crippen molar-refractivity contribution in [3.8, 4) is 0 Å². The van der Waals surface area contributed by atoms with Crippen LogP contribution in [0.15, 0.2) is 0 Å². The summed E-state index contributed by atoms with van der Waals surface area (Å²) in [5, 5.41) is 0. The normalized spacial score (nSPS) is 10.9. The Bertz CT molecular complexity index is 337. The molecule has 16 heteroatoms. The summed E-state index contributed by atoms with van der Waals surface area (Å²) in [7, 11) is 0. The van der Waals surface area contributed by atoms with Crippen molar-refractivity contribution in [1.29, 1.82) is 0 Å². The van der Waals surface area contributed by atoms with Crippen LogP contribution in [0.4, 0.5) is 0 Å². The SMILES string of the molecule is [Mo+6].[O]=[W](=[O])([O-])[O-].[O]=[W](=[O])([O-])[O-].[O]=[W](=[O])([O-])[O-]. The first-order valence-electron chi connectivity index (χ1n) is 2.00. The molecule has 16 heavy (non-hydrogen) atoms. The third kappa shape index (κ3) is 1820. The summed E-state index contributed by atoms with van der Waals surface area (Å²) in [5.41, 5.74) is 0. The summed E-state index contributed by atoms with van der Waals surface area (Å²) in [6.07, 6.45) is 0. The molecule has 0 heterocycles. The van der Waals surface area contributed by atoms with Gasteiger partial charge in [-0.05, 0) is 0 Å². The van der Waals surface area contributed by atoms with Crippen molar-refractivity contribution in [3.05, 3.63) is 0 Å². The predicted octanol–water partition coefficient (Wildman–Crippen LogP) is -7.86. The predicted molar refractivity (Wildman–Crippen MR) is 4.12 cm³/mol. The van der Waals surface area contributed by atoms with Crippen LogP contribution in [0.3, 0.4) is 0 Å². The van der Waals surface area contributed by atoms with Gasteiger partial charge in [0.05, 0.1) is 0 Å². The fourth-order valence-corrected chi connectivity index (χ4v) is 0. The summed E-state index contributed by atoms with van der Waals surface area (Å²) < 4.78 is 104. The second-order valence-corrected chi connectivity index (χ2v) is 10.0. The molecule has 0 amide bonds. The number of hydrogen-bond donors (Lipinski definition) is 0. The van der Waals surface area contributed by atoms with Gasteiger partial charge in [0, 0.05) is 0 Å². The summed E-state index contributed by atoms with van der Waals surface area (Å²) in [6.45, 7) is 0. The van der Waals surface area contributed by atoms with Crippen LogP contribution in [0.1, 0.15) is 0 Å². The fraction of sp³-hybridized carbons (Fsp3) is 0. The maximum atomic E-state index is 8.65. The maximum absolute atomic E-state index is 8.65. The molecule has 0 aromatic rings. The van der Waals surface area contributed by atoms with Crippen molar-refractivity contribution in [2.45, 2.75) is 0 Å². The molecular weight excluding hydrogens is 839 g/mol. The molecule has 0 atom stereocenters. The van der Waals surface area contributed by atoms with E-state index in [1.807, 2.05) is 0 Å². The van der Waals surface area contributed by atoms with Gasteiger partial charge in [-0.2, -0.15) is 0 Å². The molecule has 0 fully saturated rings. The van der Waals surface area contributed by atoms with Gasteiger partial charge in [-0.3, -0.25) is 0 Å². The molecule has 0 rings (SSSR count). The van der Waals surface area contributed by atoms with Gasteiger partial charge in [-0.1, -0.05) is 0 Å². The van der Waals surface area contributed by atoms with Gasteiger partial charge in [0.2, 0.25) is 0 Å². The molecule has 0 aromatic carbocycles. The molecular formula is MoO12W3. The van der Waals surface area contributed by atoms with E-state index in [0.29, 0.717) is 0 Å². The van der Waals surface area contributed by atoms with Gasteiger partial charge in [0.1, 0.15) is 0 Å². The molecule has 0 aliphatic heterocycles. The van der Waals surface area contributed by atoms with Crippen LogP contribution in [0.25, 0.3) is 0 Å². The quantitative estimate of drug-likeness (QED) is 0.207. The third-order valence-electron chi connectivity index (χ3n) is 0. The molecule has 96 valence electrons.